The summed E-state index contributed by atoms with van der Waals surface area (Å²) in [5.41, 5.74) is 0.210. The van der Waals surface area contributed by atoms with Gasteiger partial charge in [0.1, 0.15) is 4.32 Å². The first-order valence-electron chi connectivity index (χ1n) is 7.00. The molecule has 1 atom stereocenters. The van der Waals surface area contributed by atoms with E-state index >= 15 is 0 Å². The Morgan fingerprint density at radius 2 is 2.09 bits per heavy atom. The minimum absolute atomic E-state index is 0.121. The molecule has 1 N–H and O–H groups in total. The zero-order valence-corrected chi connectivity index (χ0v) is 15.4. The molecular formula is C14H18ClN3O3S2. The third-order valence-electron chi connectivity index (χ3n) is 3.09. The van der Waals surface area contributed by atoms with Crippen LogP contribution >= 0.6 is 35.6 Å². The predicted octanol–water partition coefficient (Wildman–Crippen LogP) is 3.94. The zero-order valence-electron chi connectivity index (χ0n) is 13.0. The van der Waals surface area contributed by atoms with Gasteiger partial charge in [0.05, 0.1) is 20.9 Å². The molecule has 0 spiro atoms. The Kier molecular flexibility index (Phi) is 7.74. The molecule has 0 aliphatic heterocycles. The number of thiocarbonyl (C=S) groups is 1. The Bertz CT molecular complexity index is 609. The molecule has 1 rings (SSSR count). The van der Waals surface area contributed by atoms with Gasteiger partial charge in [0.15, 0.2) is 0 Å². The largest absolute Gasteiger partial charge is 0.358 e. The summed E-state index contributed by atoms with van der Waals surface area (Å²) < 4.78 is 0.660. The molecule has 1 unspecified atom stereocenters. The fourth-order valence-electron chi connectivity index (χ4n) is 1.71. The van der Waals surface area contributed by atoms with Crippen molar-refractivity contribution in [1.29, 1.82) is 0 Å². The molecule has 23 heavy (non-hydrogen) atoms. The van der Waals surface area contributed by atoms with Gasteiger partial charge in [-0.1, -0.05) is 35.6 Å². The molecule has 0 fully saturated rings. The van der Waals surface area contributed by atoms with E-state index < -0.39 is 10.2 Å². The van der Waals surface area contributed by atoms with Crippen molar-refractivity contribution in [3.05, 3.63) is 33.3 Å². The van der Waals surface area contributed by atoms with Gasteiger partial charge in [-0.3, -0.25) is 14.9 Å². The molecule has 126 valence electrons. The number of nitrogens with zero attached hydrogens (tertiary/aromatic N) is 2. The number of nitrogens with one attached hydrogen (secondary N) is 1. The van der Waals surface area contributed by atoms with Gasteiger partial charge >= 0.3 is 0 Å². The summed E-state index contributed by atoms with van der Waals surface area (Å²) in [6.45, 7) is 7.31. The van der Waals surface area contributed by atoms with Gasteiger partial charge in [0, 0.05) is 25.2 Å². The van der Waals surface area contributed by atoms with Crippen LogP contribution in [0.1, 0.15) is 20.8 Å². The van der Waals surface area contributed by atoms with Crippen LogP contribution in [0.15, 0.2) is 18.2 Å². The maximum absolute atomic E-state index is 12.2. The highest BCUT2D eigenvalue weighted by molar-refractivity contribution is 8.23. The summed E-state index contributed by atoms with van der Waals surface area (Å²) in [6, 6.07) is 3.91. The number of hydrogen-bond donors (Lipinski definition) is 1. The first kappa shape index (κ1) is 19.7. The number of carbonyl (C=O) groups is 1. The molecule has 6 nitrogen and oxygen atoms in total. The van der Waals surface area contributed by atoms with Gasteiger partial charge in [0.2, 0.25) is 5.91 Å². The normalized spacial score (nSPS) is 11.7. The standard InChI is InChI=1S/C14H18ClN3O3S2/c1-4-17(5-2)14(22)23-9(3)13(19)16-12-7-6-10(18(20)21)8-11(12)15/h6-9H,4-5H2,1-3H3,(H,16,19). The van der Waals surface area contributed by atoms with E-state index in [1.165, 1.54) is 30.0 Å². The SMILES string of the molecule is CCN(CC)C(=S)SC(C)C(=O)Nc1ccc([N+](=O)[O-])cc1Cl. The van der Waals surface area contributed by atoms with E-state index in [4.69, 9.17) is 23.8 Å². The number of nitro benzene ring substituents is 1. The lowest BCUT2D eigenvalue weighted by atomic mass is 10.2. The molecule has 0 radical (unpaired) electrons. The van der Waals surface area contributed by atoms with E-state index in [2.05, 4.69) is 5.32 Å². The van der Waals surface area contributed by atoms with Crippen molar-refractivity contribution in [1.82, 2.24) is 4.90 Å². The molecule has 0 heterocycles. The van der Waals surface area contributed by atoms with E-state index in [1.54, 1.807) is 6.92 Å². The van der Waals surface area contributed by atoms with Crippen LogP contribution in [-0.4, -0.2) is 38.4 Å². The molecule has 0 aliphatic rings. The molecule has 9 heteroatoms. The van der Waals surface area contributed by atoms with Crippen molar-refractivity contribution in [3.63, 3.8) is 0 Å². The van der Waals surface area contributed by atoms with Gasteiger partial charge in [0.25, 0.3) is 5.69 Å². The maximum atomic E-state index is 12.2. The average molecular weight is 376 g/mol. The number of thioether (sulfide) groups is 1. The van der Waals surface area contributed by atoms with E-state index in [9.17, 15) is 14.9 Å². The number of rotatable bonds is 6. The molecule has 1 amide bonds. The Labute approximate surface area is 149 Å². The number of non-ortho nitro benzene ring substituents is 1. The lowest BCUT2D eigenvalue weighted by molar-refractivity contribution is -0.384. The van der Waals surface area contributed by atoms with Crippen LogP contribution < -0.4 is 5.32 Å². The molecule has 0 aliphatic carbocycles. The quantitative estimate of drug-likeness (QED) is 0.461. The van der Waals surface area contributed by atoms with E-state index in [1.807, 2.05) is 18.7 Å². The van der Waals surface area contributed by atoms with Crippen molar-refractivity contribution < 1.29 is 9.72 Å². The van der Waals surface area contributed by atoms with Gasteiger partial charge in [-0.2, -0.15) is 0 Å². The molecule has 0 saturated heterocycles. The first-order chi connectivity index (χ1) is 10.8. The summed E-state index contributed by atoms with van der Waals surface area (Å²) in [5, 5.41) is 13.1. The third-order valence-corrected chi connectivity index (χ3v) is 4.98. The van der Waals surface area contributed by atoms with Crippen LogP contribution in [-0.2, 0) is 4.79 Å². The van der Waals surface area contributed by atoms with Gasteiger partial charge in [-0.05, 0) is 26.8 Å². The van der Waals surface area contributed by atoms with Crippen molar-refractivity contribution >= 4 is 57.2 Å². The Hall–Kier alpha value is -1.38. The maximum Gasteiger partial charge on any atom is 0.271 e. The Morgan fingerprint density at radius 3 is 2.57 bits per heavy atom. The number of anilines is 1. The second kappa shape index (κ2) is 9.05. The Balaban J connectivity index is 2.72. The molecule has 0 saturated carbocycles. The van der Waals surface area contributed by atoms with Crippen LogP contribution in [0, 0.1) is 10.1 Å². The average Bonchev–Trinajstić information content (AvgIpc) is 2.50. The van der Waals surface area contributed by atoms with Crippen molar-refractivity contribution in [2.24, 2.45) is 0 Å². The van der Waals surface area contributed by atoms with Crippen LogP contribution in [0.25, 0.3) is 0 Å². The summed E-state index contributed by atoms with van der Waals surface area (Å²) >= 11 is 12.6. The minimum Gasteiger partial charge on any atom is -0.358 e. The summed E-state index contributed by atoms with van der Waals surface area (Å²) in [4.78, 5) is 24.3. The number of hydrogen-bond acceptors (Lipinski definition) is 5. The fourth-order valence-corrected chi connectivity index (χ4v) is 3.50. The summed E-state index contributed by atoms with van der Waals surface area (Å²) in [5.74, 6) is -0.264. The highest BCUT2D eigenvalue weighted by Crippen LogP contribution is 2.27. The third kappa shape index (κ3) is 5.63. The molecule has 0 aromatic heterocycles. The van der Waals surface area contributed by atoms with E-state index in [0.717, 1.165) is 13.1 Å². The fraction of sp³-hybridized carbons (Fsp3) is 0.429. The summed E-state index contributed by atoms with van der Waals surface area (Å²) in [6.07, 6.45) is 0. The van der Waals surface area contributed by atoms with E-state index in [0.29, 0.717) is 10.0 Å². The predicted molar refractivity (Wildman–Crippen MR) is 99.3 cm³/mol. The second-order valence-corrected chi connectivity index (χ2v) is 6.99. The number of carbonyl (C=O) groups excluding carboxylic acids is 1. The van der Waals surface area contributed by atoms with Crippen LogP contribution in [0.4, 0.5) is 11.4 Å². The molecule has 1 aromatic rings. The van der Waals surface area contributed by atoms with Gasteiger partial charge in [-0.25, -0.2) is 0 Å². The number of amides is 1. The Morgan fingerprint density at radius 1 is 1.48 bits per heavy atom. The van der Waals surface area contributed by atoms with Gasteiger partial charge < -0.3 is 10.2 Å². The summed E-state index contributed by atoms with van der Waals surface area (Å²) in [7, 11) is 0. The van der Waals surface area contributed by atoms with Crippen molar-refractivity contribution in [2.75, 3.05) is 18.4 Å². The van der Waals surface area contributed by atoms with Crippen molar-refractivity contribution in [3.8, 4) is 0 Å². The number of halogens is 1. The highest BCUT2D eigenvalue weighted by atomic mass is 35.5. The van der Waals surface area contributed by atoms with Crippen molar-refractivity contribution in [2.45, 2.75) is 26.0 Å². The van der Waals surface area contributed by atoms with Gasteiger partial charge in [-0.15, -0.1) is 0 Å². The van der Waals surface area contributed by atoms with E-state index in [-0.39, 0.29) is 16.6 Å². The van der Waals surface area contributed by atoms with Crippen LogP contribution in [0.5, 0.6) is 0 Å². The lowest BCUT2D eigenvalue weighted by Crippen LogP contribution is -2.31. The zero-order chi connectivity index (χ0) is 17.6. The topological polar surface area (TPSA) is 75.5 Å². The first-order valence-corrected chi connectivity index (χ1v) is 8.67. The van der Waals surface area contributed by atoms with Crippen LogP contribution in [0.3, 0.4) is 0 Å². The minimum atomic E-state index is -0.543. The second-order valence-electron chi connectivity index (χ2n) is 4.61. The molecule has 1 aromatic carbocycles. The van der Waals surface area contributed by atoms with Crippen LogP contribution in [0.2, 0.25) is 5.02 Å². The number of nitro groups is 1. The number of benzene rings is 1. The highest BCUT2D eigenvalue weighted by Gasteiger charge is 2.19. The molecular weight excluding hydrogens is 358 g/mol. The molecule has 0 bridgehead atoms. The lowest BCUT2D eigenvalue weighted by Gasteiger charge is -2.23. The monoisotopic (exact) mass is 375 g/mol. The smallest absolute Gasteiger partial charge is 0.271 e.